The maximum atomic E-state index is 12.3. The van der Waals surface area contributed by atoms with Crippen LogP contribution in [0.15, 0.2) is 10.5 Å². The van der Waals surface area contributed by atoms with E-state index in [1.54, 1.807) is 0 Å². The summed E-state index contributed by atoms with van der Waals surface area (Å²) < 4.78 is 63.5. The fraction of sp³-hybridized carbons (Fsp3) is 0.250. The number of aldehydes is 1. The molecule has 1 rings (SSSR count). The Balaban J connectivity index is 3.26. The standard InChI is InChI=1S/C8H3BrF5NO2/c9-3-1-4(7(10)11)15-5(2-16)6(3)17-8(12,13)14/h1-2,7H. The van der Waals surface area contributed by atoms with Crippen molar-refractivity contribution in [1.29, 1.82) is 0 Å². The first-order valence-electron chi connectivity index (χ1n) is 3.94. The van der Waals surface area contributed by atoms with Gasteiger partial charge in [0.1, 0.15) is 11.4 Å². The third kappa shape index (κ3) is 3.62. The fourth-order valence-electron chi connectivity index (χ4n) is 0.948. The smallest absolute Gasteiger partial charge is 0.402 e. The van der Waals surface area contributed by atoms with E-state index >= 15 is 0 Å². The number of carbonyl (C=O) groups is 1. The molecule has 1 heterocycles. The number of rotatable bonds is 3. The van der Waals surface area contributed by atoms with Crippen LogP contribution in [-0.4, -0.2) is 17.6 Å². The van der Waals surface area contributed by atoms with Gasteiger partial charge in [0.15, 0.2) is 12.0 Å². The third-order valence-corrected chi connectivity index (χ3v) is 2.12. The Morgan fingerprint density at radius 3 is 2.41 bits per heavy atom. The van der Waals surface area contributed by atoms with Crippen molar-refractivity contribution in [3.8, 4) is 5.75 Å². The maximum Gasteiger partial charge on any atom is 0.573 e. The second kappa shape index (κ2) is 4.94. The SMILES string of the molecule is O=Cc1nc(C(F)F)cc(Br)c1OC(F)(F)F. The Morgan fingerprint density at radius 1 is 1.41 bits per heavy atom. The van der Waals surface area contributed by atoms with E-state index in [1.807, 2.05) is 0 Å². The predicted molar refractivity (Wildman–Crippen MR) is 49.0 cm³/mol. The summed E-state index contributed by atoms with van der Waals surface area (Å²) in [6, 6.07) is 0.652. The van der Waals surface area contributed by atoms with Crippen molar-refractivity contribution >= 4 is 22.2 Å². The summed E-state index contributed by atoms with van der Waals surface area (Å²) in [6.45, 7) is 0. The van der Waals surface area contributed by atoms with E-state index in [-0.39, 0.29) is 6.29 Å². The lowest BCUT2D eigenvalue weighted by molar-refractivity contribution is -0.275. The summed E-state index contributed by atoms with van der Waals surface area (Å²) in [5, 5.41) is 0. The van der Waals surface area contributed by atoms with Gasteiger partial charge in [-0.2, -0.15) is 0 Å². The monoisotopic (exact) mass is 319 g/mol. The highest BCUT2D eigenvalue weighted by Gasteiger charge is 2.34. The largest absolute Gasteiger partial charge is 0.573 e. The van der Waals surface area contributed by atoms with Gasteiger partial charge in [0.25, 0.3) is 6.43 Å². The van der Waals surface area contributed by atoms with Crippen molar-refractivity contribution < 1.29 is 31.5 Å². The van der Waals surface area contributed by atoms with Crippen LogP contribution in [-0.2, 0) is 0 Å². The number of hydrogen-bond acceptors (Lipinski definition) is 3. The first-order chi connectivity index (χ1) is 7.74. The van der Waals surface area contributed by atoms with Crippen LogP contribution in [0.3, 0.4) is 0 Å². The number of halogens is 6. The molecule has 0 N–H and O–H groups in total. The molecule has 9 heteroatoms. The number of hydrogen-bond donors (Lipinski definition) is 0. The van der Waals surface area contributed by atoms with Crippen molar-refractivity contribution in [1.82, 2.24) is 4.98 Å². The normalized spacial score (nSPS) is 11.7. The van der Waals surface area contributed by atoms with Gasteiger partial charge in [0.2, 0.25) is 0 Å². The lowest BCUT2D eigenvalue weighted by Crippen LogP contribution is -2.19. The third-order valence-electron chi connectivity index (χ3n) is 1.53. The van der Waals surface area contributed by atoms with E-state index in [0.29, 0.717) is 6.07 Å². The topological polar surface area (TPSA) is 39.2 Å². The number of alkyl halides is 5. The van der Waals surface area contributed by atoms with Crippen LogP contribution in [0.4, 0.5) is 22.0 Å². The number of carbonyl (C=O) groups excluding carboxylic acids is 1. The van der Waals surface area contributed by atoms with Crippen LogP contribution in [0.25, 0.3) is 0 Å². The van der Waals surface area contributed by atoms with Crippen LogP contribution < -0.4 is 4.74 Å². The van der Waals surface area contributed by atoms with Crippen molar-refractivity contribution in [2.45, 2.75) is 12.8 Å². The van der Waals surface area contributed by atoms with Crippen LogP contribution in [0.2, 0.25) is 0 Å². The highest BCUT2D eigenvalue weighted by molar-refractivity contribution is 9.10. The minimum atomic E-state index is -5.05. The molecule has 0 aliphatic heterocycles. The molecular formula is C8H3BrF5NO2. The van der Waals surface area contributed by atoms with Gasteiger partial charge < -0.3 is 4.74 Å². The quantitative estimate of drug-likeness (QED) is 0.632. The zero-order chi connectivity index (χ0) is 13.2. The zero-order valence-corrected chi connectivity index (χ0v) is 9.35. The molecule has 0 fully saturated rings. The molecular weight excluding hydrogens is 317 g/mol. The van der Waals surface area contributed by atoms with Gasteiger partial charge in [-0.05, 0) is 22.0 Å². The molecule has 0 saturated carbocycles. The number of aromatic nitrogens is 1. The summed E-state index contributed by atoms with van der Waals surface area (Å²) in [5.41, 5.74) is -1.68. The van der Waals surface area contributed by atoms with Crippen LogP contribution in [0.1, 0.15) is 22.6 Å². The summed E-state index contributed by atoms with van der Waals surface area (Å²) in [5.74, 6) is -0.947. The zero-order valence-electron chi connectivity index (χ0n) is 7.76. The van der Waals surface area contributed by atoms with Crippen molar-refractivity contribution in [3.63, 3.8) is 0 Å². The van der Waals surface area contributed by atoms with Crippen LogP contribution in [0.5, 0.6) is 5.75 Å². The van der Waals surface area contributed by atoms with Gasteiger partial charge in [-0.3, -0.25) is 4.79 Å². The lowest BCUT2D eigenvalue weighted by Gasteiger charge is -2.12. The van der Waals surface area contributed by atoms with Crippen molar-refractivity contribution in [2.75, 3.05) is 0 Å². The molecule has 0 aliphatic carbocycles. The minimum absolute atomic E-state index is 0.0995. The first-order valence-corrected chi connectivity index (χ1v) is 4.73. The Kier molecular flexibility index (Phi) is 4.02. The molecule has 0 atom stereocenters. The average molecular weight is 320 g/mol. The molecule has 0 radical (unpaired) electrons. The summed E-state index contributed by atoms with van der Waals surface area (Å²) in [6.07, 6.45) is -8.16. The number of nitrogens with zero attached hydrogens (tertiary/aromatic N) is 1. The maximum absolute atomic E-state index is 12.3. The molecule has 0 amide bonds. The van der Waals surface area contributed by atoms with E-state index in [9.17, 15) is 26.7 Å². The van der Waals surface area contributed by atoms with Crippen LogP contribution >= 0.6 is 15.9 Å². The van der Waals surface area contributed by atoms with Gasteiger partial charge in [0.05, 0.1) is 4.47 Å². The van der Waals surface area contributed by atoms with Crippen molar-refractivity contribution in [2.24, 2.45) is 0 Å². The van der Waals surface area contributed by atoms with E-state index in [2.05, 4.69) is 25.7 Å². The van der Waals surface area contributed by atoms with Gasteiger partial charge >= 0.3 is 6.36 Å². The Hall–Kier alpha value is -1.25. The molecule has 3 nitrogen and oxygen atoms in total. The molecule has 0 aliphatic rings. The predicted octanol–water partition coefficient (Wildman–Crippen LogP) is 3.49. The van der Waals surface area contributed by atoms with Gasteiger partial charge in [0, 0.05) is 0 Å². The van der Waals surface area contributed by atoms with Gasteiger partial charge in [-0.25, -0.2) is 13.8 Å². The molecule has 17 heavy (non-hydrogen) atoms. The van der Waals surface area contributed by atoms with Crippen LogP contribution in [0, 0.1) is 0 Å². The van der Waals surface area contributed by atoms with E-state index in [1.165, 1.54) is 0 Å². The van der Waals surface area contributed by atoms with Gasteiger partial charge in [-0.15, -0.1) is 13.2 Å². The lowest BCUT2D eigenvalue weighted by atomic mass is 10.3. The molecule has 0 spiro atoms. The van der Waals surface area contributed by atoms with E-state index < -0.39 is 34.4 Å². The summed E-state index contributed by atoms with van der Waals surface area (Å²) in [7, 11) is 0. The summed E-state index contributed by atoms with van der Waals surface area (Å²) in [4.78, 5) is 13.5. The van der Waals surface area contributed by atoms with Gasteiger partial charge in [-0.1, -0.05) is 0 Å². The molecule has 94 valence electrons. The molecule has 0 bridgehead atoms. The fourth-order valence-corrected chi connectivity index (χ4v) is 1.47. The number of pyridine rings is 1. The minimum Gasteiger partial charge on any atom is -0.402 e. The van der Waals surface area contributed by atoms with Crippen molar-refractivity contribution in [3.05, 3.63) is 21.9 Å². The Labute approximate surface area is 99.7 Å². The van der Waals surface area contributed by atoms with E-state index in [4.69, 9.17) is 0 Å². The highest BCUT2D eigenvalue weighted by Crippen LogP contribution is 2.34. The average Bonchev–Trinajstić information content (AvgIpc) is 2.18. The summed E-state index contributed by atoms with van der Waals surface area (Å²) >= 11 is 2.60. The first kappa shape index (κ1) is 13.8. The molecule has 0 saturated heterocycles. The van der Waals surface area contributed by atoms with E-state index in [0.717, 1.165) is 0 Å². The number of ether oxygens (including phenoxy) is 1. The molecule has 0 aromatic carbocycles. The Morgan fingerprint density at radius 2 is 2.00 bits per heavy atom. The highest BCUT2D eigenvalue weighted by atomic mass is 79.9. The molecule has 1 aromatic rings. The Bertz CT molecular complexity index is 435. The molecule has 1 aromatic heterocycles. The second-order valence-electron chi connectivity index (χ2n) is 2.71. The second-order valence-corrected chi connectivity index (χ2v) is 3.56. The molecule has 0 unspecified atom stereocenters.